The molecule has 7 heteroatoms. The maximum atomic E-state index is 13.0. The average molecular weight is 438 g/mol. The summed E-state index contributed by atoms with van der Waals surface area (Å²) in [5.41, 5.74) is 3.91. The van der Waals surface area contributed by atoms with E-state index in [0.717, 1.165) is 27.7 Å². The Morgan fingerprint density at radius 2 is 1.68 bits per heavy atom. The Morgan fingerprint density at radius 3 is 2.39 bits per heavy atom. The minimum atomic E-state index is -3.54. The van der Waals surface area contributed by atoms with Gasteiger partial charge in [0.15, 0.2) is 0 Å². The van der Waals surface area contributed by atoms with E-state index in [1.54, 1.807) is 30.3 Å². The standard InChI is InChI=1S/C24H27N3O3S/c1-17-21-10-6-7-11-23(21)25-18(2)22(17)16-24(28)27-14-12-19(13-15-27)26-31(29,30)20-8-4-3-5-9-20/h3-11,19,26H,12-16H2,1-2H3. The first-order valence-corrected chi connectivity index (χ1v) is 12.0. The first kappa shape index (κ1) is 21.5. The fourth-order valence-electron chi connectivity index (χ4n) is 4.23. The van der Waals surface area contributed by atoms with Crippen molar-refractivity contribution in [3.05, 3.63) is 71.4 Å². The Bertz CT molecular complexity index is 1200. The number of fused-ring (bicyclic) bond motifs is 1. The van der Waals surface area contributed by atoms with Gasteiger partial charge in [-0.1, -0.05) is 36.4 Å². The Kier molecular flexibility index (Phi) is 6.07. The van der Waals surface area contributed by atoms with Crippen molar-refractivity contribution in [2.75, 3.05) is 13.1 Å². The predicted molar refractivity (Wildman–Crippen MR) is 121 cm³/mol. The van der Waals surface area contributed by atoms with Crippen LogP contribution in [0.25, 0.3) is 10.9 Å². The molecule has 0 bridgehead atoms. The number of hydrogen-bond donors (Lipinski definition) is 1. The second-order valence-corrected chi connectivity index (χ2v) is 9.80. The number of aromatic nitrogens is 1. The van der Waals surface area contributed by atoms with Gasteiger partial charge in [-0.15, -0.1) is 0 Å². The Labute approximate surface area is 183 Å². The summed E-state index contributed by atoms with van der Waals surface area (Å²) in [5.74, 6) is 0.0626. The largest absolute Gasteiger partial charge is 0.342 e. The molecule has 2 heterocycles. The van der Waals surface area contributed by atoms with Crippen LogP contribution in [-0.4, -0.2) is 43.3 Å². The molecule has 3 aromatic rings. The lowest BCUT2D eigenvalue weighted by Crippen LogP contribution is -2.47. The van der Waals surface area contributed by atoms with Gasteiger partial charge in [-0.3, -0.25) is 9.78 Å². The van der Waals surface area contributed by atoms with E-state index in [4.69, 9.17) is 0 Å². The van der Waals surface area contributed by atoms with Crippen LogP contribution in [0.4, 0.5) is 0 Å². The molecule has 1 aliphatic heterocycles. The zero-order valence-corrected chi connectivity index (χ0v) is 18.7. The van der Waals surface area contributed by atoms with Crippen molar-refractivity contribution in [3.63, 3.8) is 0 Å². The molecular formula is C24H27N3O3S. The Balaban J connectivity index is 1.40. The van der Waals surface area contributed by atoms with Gasteiger partial charge >= 0.3 is 0 Å². The number of nitrogens with zero attached hydrogens (tertiary/aromatic N) is 2. The highest BCUT2D eigenvalue weighted by Gasteiger charge is 2.27. The number of aryl methyl sites for hydroxylation is 2. The zero-order chi connectivity index (χ0) is 22.0. The third-order valence-corrected chi connectivity index (χ3v) is 7.57. The van der Waals surface area contributed by atoms with E-state index in [0.29, 0.717) is 32.4 Å². The number of rotatable bonds is 5. The molecule has 1 aromatic heterocycles. The number of para-hydroxylation sites is 1. The normalized spacial score (nSPS) is 15.4. The van der Waals surface area contributed by atoms with Crippen LogP contribution in [0.2, 0.25) is 0 Å². The molecule has 2 aromatic carbocycles. The third kappa shape index (κ3) is 4.62. The van der Waals surface area contributed by atoms with Crippen LogP contribution in [-0.2, 0) is 21.2 Å². The summed E-state index contributed by atoms with van der Waals surface area (Å²) in [4.78, 5) is 19.8. The van der Waals surface area contributed by atoms with Crippen molar-refractivity contribution in [2.24, 2.45) is 0 Å². The number of hydrogen-bond acceptors (Lipinski definition) is 4. The van der Waals surface area contributed by atoms with Gasteiger partial charge in [-0.2, -0.15) is 0 Å². The lowest BCUT2D eigenvalue weighted by molar-refractivity contribution is -0.131. The van der Waals surface area contributed by atoms with Crippen LogP contribution in [0.5, 0.6) is 0 Å². The highest BCUT2D eigenvalue weighted by atomic mass is 32.2. The van der Waals surface area contributed by atoms with Crippen molar-refractivity contribution in [2.45, 2.75) is 44.0 Å². The molecule has 1 saturated heterocycles. The molecule has 1 fully saturated rings. The van der Waals surface area contributed by atoms with E-state index < -0.39 is 10.0 Å². The van der Waals surface area contributed by atoms with Gasteiger partial charge in [0, 0.05) is 30.2 Å². The number of amides is 1. The molecule has 0 radical (unpaired) electrons. The lowest BCUT2D eigenvalue weighted by Gasteiger charge is -2.32. The van der Waals surface area contributed by atoms with Gasteiger partial charge < -0.3 is 4.90 Å². The Hall–Kier alpha value is -2.77. The summed E-state index contributed by atoms with van der Waals surface area (Å²) in [6.45, 7) is 5.08. The number of carbonyl (C=O) groups excluding carboxylic acids is 1. The van der Waals surface area contributed by atoms with Gasteiger partial charge in [0.2, 0.25) is 15.9 Å². The van der Waals surface area contributed by atoms with Crippen LogP contribution >= 0.6 is 0 Å². The highest BCUT2D eigenvalue weighted by Crippen LogP contribution is 2.24. The van der Waals surface area contributed by atoms with Gasteiger partial charge in [-0.25, -0.2) is 13.1 Å². The number of pyridine rings is 1. The number of piperidine rings is 1. The quantitative estimate of drug-likeness (QED) is 0.664. The summed E-state index contributed by atoms with van der Waals surface area (Å²) >= 11 is 0. The van der Waals surface area contributed by atoms with Crippen molar-refractivity contribution in [1.82, 2.24) is 14.6 Å². The first-order chi connectivity index (χ1) is 14.8. The second kappa shape index (κ2) is 8.77. The average Bonchev–Trinajstić information content (AvgIpc) is 2.77. The molecule has 0 aliphatic carbocycles. The smallest absolute Gasteiger partial charge is 0.240 e. The van der Waals surface area contributed by atoms with E-state index in [-0.39, 0.29) is 16.8 Å². The van der Waals surface area contributed by atoms with Crippen molar-refractivity contribution < 1.29 is 13.2 Å². The number of sulfonamides is 1. The summed E-state index contributed by atoms with van der Waals surface area (Å²) in [6, 6.07) is 16.2. The van der Waals surface area contributed by atoms with Crippen LogP contribution < -0.4 is 4.72 Å². The molecular weight excluding hydrogens is 410 g/mol. The molecule has 4 rings (SSSR count). The summed E-state index contributed by atoms with van der Waals surface area (Å²) in [5, 5.41) is 1.07. The third-order valence-electron chi connectivity index (χ3n) is 6.04. The van der Waals surface area contributed by atoms with Crippen molar-refractivity contribution in [1.29, 1.82) is 0 Å². The molecule has 162 valence electrons. The molecule has 1 amide bonds. The van der Waals surface area contributed by atoms with E-state index in [1.807, 2.05) is 43.0 Å². The fourth-order valence-corrected chi connectivity index (χ4v) is 5.55. The minimum Gasteiger partial charge on any atom is -0.342 e. The topological polar surface area (TPSA) is 79.4 Å². The van der Waals surface area contributed by atoms with E-state index in [2.05, 4.69) is 9.71 Å². The summed E-state index contributed by atoms with van der Waals surface area (Å²) in [6.07, 6.45) is 1.52. The van der Waals surface area contributed by atoms with Crippen molar-refractivity contribution >= 4 is 26.8 Å². The van der Waals surface area contributed by atoms with Crippen molar-refractivity contribution in [3.8, 4) is 0 Å². The molecule has 0 saturated carbocycles. The summed E-state index contributed by atoms with van der Waals surface area (Å²) in [7, 11) is -3.54. The van der Waals surface area contributed by atoms with Gasteiger partial charge in [0.05, 0.1) is 16.8 Å². The number of likely N-dealkylation sites (tertiary alicyclic amines) is 1. The maximum Gasteiger partial charge on any atom is 0.240 e. The predicted octanol–water partition coefficient (Wildman–Crippen LogP) is 3.36. The molecule has 1 N–H and O–H groups in total. The lowest BCUT2D eigenvalue weighted by atomic mass is 9.98. The van der Waals surface area contributed by atoms with Crippen LogP contribution in [0, 0.1) is 13.8 Å². The molecule has 31 heavy (non-hydrogen) atoms. The van der Waals surface area contributed by atoms with Gasteiger partial charge in [0.1, 0.15) is 0 Å². The Morgan fingerprint density at radius 1 is 1.03 bits per heavy atom. The number of benzene rings is 2. The summed E-state index contributed by atoms with van der Waals surface area (Å²) < 4.78 is 27.9. The highest BCUT2D eigenvalue weighted by molar-refractivity contribution is 7.89. The molecule has 0 unspecified atom stereocenters. The van der Waals surface area contributed by atoms with Crippen LogP contribution in [0.3, 0.4) is 0 Å². The van der Waals surface area contributed by atoms with E-state index in [1.165, 1.54) is 0 Å². The minimum absolute atomic E-state index is 0.0626. The maximum absolute atomic E-state index is 13.0. The molecule has 1 aliphatic rings. The zero-order valence-electron chi connectivity index (χ0n) is 17.8. The van der Waals surface area contributed by atoms with E-state index >= 15 is 0 Å². The molecule has 6 nitrogen and oxygen atoms in total. The van der Waals surface area contributed by atoms with Gasteiger partial charge in [-0.05, 0) is 56.0 Å². The van der Waals surface area contributed by atoms with Crippen LogP contribution in [0.1, 0.15) is 29.7 Å². The van der Waals surface area contributed by atoms with Crippen LogP contribution in [0.15, 0.2) is 59.5 Å². The number of carbonyl (C=O) groups is 1. The second-order valence-electron chi connectivity index (χ2n) is 8.08. The SMILES string of the molecule is Cc1nc2ccccc2c(C)c1CC(=O)N1CCC(NS(=O)(=O)c2ccccc2)CC1. The van der Waals surface area contributed by atoms with E-state index in [9.17, 15) is 13.2 Å². The monoisotopic (exact) mass is 437 g/mol. The van der Waals surface area contributed by atoms with Gasteiger partial charge in [0.25, 0.3) is 0 Å². The first-order valence-electron chi connectivity index (χ1n) is 10.5. The molecule has 0 spiro atoms. The number of nitrogens with one attached hydrogen (secondary N) is 1. The molecule has 0 atom stereocenters. The fraction of sp³-hybridized carbons (Fsp3) is 0.333.